The molecule has 0 radical (unpaired) electrons. The summed E-state index contributed by atoms with van der Waals surface area (Å²) in [4.78, 5) is 11.4. The van der Waals surface area contributed by atoms with Crippen LogP contribution in [0.5, 0.6) is 0 Å². The Labute approximate surface area is 151 Å². The molecule has 0 aromatic carbocycles. The SMILES string of the molecule is CCCCCCCC/C=C\CCCCCCCC(=O)OC(C)C.N. The van der Waals surface area contributed by atoms with Gasteiger partial charge in [0.2, 0.25) is 0 Å². The van der Waals surface area contributed by atoms with E-state index >= 15 is 0 Å². The number of rotatable bonds is 16. The number of carbonyl (C=O) groups is 1. The van der Waals surface area contributed by atoms with Crippen molar-refractivity contribution in [2.24, 2.45) is 0 Å². The monoisotopic (exact) mass is 341 g/mol. The highest BCUT2D eigenvalue weighted by atomic mass is 16.5. The predicted octanol–water partition coefficient (Wildman–Crippen LogP) is 7.14. The summed E-state index contributed by atoms with van der Waals surface area (Å²) in [5.74, 6) is -0.0439. The molecule has 3 heteroatoms. The van der Waals surface area contributed by atoms with Crippen LogP contribution in [0.2, 0.25) is 0 Å². The number of ether oxygens (including phenoxy) is 1. The minimum Gasteiger partial charge on any atom is -0.463 e. The zero-order valence-electron chi connectivity index (χ0n) is 16.7. The van der Waals surface area contributed by atoms with Gasteiger partial charge in [0, 0.05) is 6.42 Å². The van der Waals surface area contributed by atoms with Crippen molar-refractivity contribution in [3.63, 3.8) is 0 Å². The second-order valence-electron chi connectivity index (χ2n) is 6.87. The van der Waals surface area contributed by atoms with Crippen LogP contribution in [0.1, 0.15) is 111 Å². The van der Waals surface area contributed by atoms with E-state index in [2.05, 4.69) is 19.1 Å². The molecule has 144 valence electrons. The minimum atomic E-state index is -0.0439. The highest BCUT2D eigenvalue weighted by molar-refractivity contribution is 5.69. The lowest BCUT2D eigenvalue weighted by molar-refractivity contribution is -0.147. The standard InChI is InChI=1S/C21H40O2.H3N/c1-4-5-6-7-8-9-10-11-12-13-14-15-16-17-18-19-21(22)23-20(2)3;/h11-12,20H,4-10,13-19H2,1-3H3;1H3/b12-11-;. The highest BCUT2D eigenvalue weighted by Gasteiger charge is 2.04. The Hall–Kier alpha value is -0.830. The smallest absolute Gasteiger partial charge is 0.306 e. The van der Waals surface area contributed by atoms with Crippen LogP contribution in [0.15, 0.2) is 12.2 Å². The Balaban J connectivity index is 0. The maximum absolute atomic E-state index is 11.4. The van der Waals surface area contributed by atoms with Gasteiger partial charge in [0.25, 0.3) is 0 Å². The van der Waals surface area contributed by atoms with Gasteiger partial charge in [-0.25, -0.2) is 0 Å². The van der Waals surface area contributed by atoms with Gasteiger partial charge in [-0.15, -0.1) is 0 Å². The predicted molar refractivity (Wildman–Crippen MR) is 106 cm³/mol. The van der Waals surface area contributed by atoms with E-state index < -0.39 is 0 Å². The molecule has 0 aromatic rings. The molecule has 3 nitrogen and oxygen atoms in total. The van der Waals surface area contributed by atoms with E-state index in [-0.39, 0.29) is 18.2 Å². The van der Waals surface area contributed by atoms with Gasteiger partial charge in [0.15, 0.2) is 0 Å². The Morgan fingerprint density at radius 3 is 1.75 bits per heavy atom. The summed E-state index contributed by atoms with van der Waals surface area (Å²) in [5.41, 5.74) is 0. The third-order valence-corrected chi connectivity index (χ3v) is 4.01. The lowest BCUT2D eigenvalue weighted by atomic mass is 10.1. The summed E-state index contributed by atoms with van der Waals surface area (Å²) in [6.07, 6.45) is 22.0. The Morgan fingerprint density at radius 2 is 1.25 bits per heavy atom. The second-order valence-corrected chi connectivity index (χ2v) is 6.87. The molecule has 0 aliphatic heterocycles. The van der Waals surface area contributed by atoms with E-state index in [1.165, 1.54) is 70.6 Å². The van der Waals surface area contributed by atoms with Gasteiger partial charge < -0.3 is 10.9 Å². The number of allylic oxidation sites excluding steroid dienone is 2. The van der Waals surface area contributed by atoms with Crippen LogP contribution in [0, 0.1) is 0 Å². The van der Waals surface area contributed by atoms with Crippen molar-refractivity contribution in [3.8, 4) is 0 Å². The first kappa shape index (κ1) is 25.4. The van der Waals surface area contributed by atoms with E-state index in [4.69, 9.17) is 4.74 Å². The van der Waals surface area contributed by atoms with Gasteiger partial charge in [-0.2, -0.15) is 0 Å². The maximum Gasteiger partial charge on any atom is 0.306 e. The molecule has 0 atom stereocenters. The molecular weight excluding hydrogens is 298 g/mol. The normalized spacial score (nSPS) is 11.0. The fourth-order valence-corrected chi connectivity index (χ4v) is 2.66. The molecule has 0 spiro atoms. The van der Waals surface area contributed by atoms with E-state index in [0.717, 1.165) is 12.8 Å². The van der Waals surface area contributed by atoms with Gasteiger partial charge in [-0.05, 0) is 46.0 Å². The van der Waals surface area contributed by atoms with Crippen LogP contribution in [0.4, 0.5) is 0 Å². The summed E-state index contributed by atoms with van der Waals surface area (Å²) < 4.78 is 5.12. The zero-order chi connectivity index (χ0) is 17.2. The fourth-order valence-electron chi connectivity index (χ4n) is 2.66. The van der Waals surface area contributed by atoms with E-state index in [9.17, 15) is 4.79 Å². The zero-order valence-corrected chi connectivity index (χ0v) is 16.7. The van der Waals surface area contributed by atoms with Crippen LogP contribution >= 0.6 is 0 Å². The number of carbonyl (C=O) groups excluding carboxylic acids is 1. The van der Waals surface area contributed by atoms with Gasteiger partial charge >= 0.3 is 5.97 Å². The molecule has 0 unspecified atom stereocenters. The topological polar surface area (TPSA) is 61.3 Å². The molecule has 24 heavy (non-hydrogen) atoms. The molecule has 0 amide bonds. The highest BCUT2D eigenvalue weighted by Crippen LogP contribution is 2.10. The average Bonchev–Trinajstić information content (AvgIpc) is 2.50. The van der Waals surface area contributed by atoms with Crippen LogP contribution in [0.25, 0.3) is 0 Å². The molecule has 0 heterocycles. The van der Waals surface area contributed by atoms with Crippen molar-refractivity contribution in [2.75, 3.05) is 0 Å². The first-order valence-electron chi connectivity index (χ1n) is 10.0. The minimum absolute atomic E-state index is 0. The second kappa shape index (κ2) is 20.2. The number of unbranched alkanes of at least 4 members (excludes halogenated alkanes) is 11. The summed E-state index contributed by atoms with van der Waals surface area (Å²) in [7, 11) is 0. The lowest BCUT2D eigenvalue weighted by Crippen LogP contribution is -2.10. The number of hydrogen-bond donors (Lipinski definition) is 1. The Morgan fingerprint density at radius 1 is 0.792 bits per heavy atom. The van der Waals surface area contributed by atoms with E-state index in [1.54, 1.807) is 0 Å². The van der Waals surface area contributed by atoms with Crippen LogP contribution in [0.3, 0.4) is 0 Å². The number of hydrogen-bond acceptors (Lipinski definition) is 3. The molecule has 0 aliphatic carbocycles. The molecule has 0 fully saturated rings. The van der Waals surface area contributed by atoms with E-state index in [1.807, 2.05) is 13.8 Å². The Bertz CT molecular complexity index is 288. The van der Waals surface area contributed by atoms with Gasteiger partial charge in [0.1, 0.15) is 0 Å². The van der Waals surface area contributed by atoms with E-state index in [0.29, 0.717) is 6.42 Å². The molecule has 0 saturated heterocycles. The molecule has 0 saturated carbocycles. The van der Waals surface area contributed by atoms with Crippen molar-refractivity contribution >= 4 is 5.97 Å². The van der Waals surface area contributed by atoms with Crippen molar-refractivity contribution in [2.45, 2.75) is 117 Å². The molecular formula is C21H43NO2. The molecule has 3 N–H and O–H groups in total. The summed E-state index contributed by atoms with van der Waals surface area (Å²) in [6.45, 7) is 6.07. The quantitative estimate of drug-likeness (QED) is 0.184. The van der Waals surface area contributed by atoms with Crippen molar-refractivity contribution in [3.05, 3.63) is 12.2 Å². The molecule has 0 bridgehead atoms. The molecule has 0 aliphatic rings. The summed E-state index contributed by atoms with van der Waals surface area (Å²) in [5, 5.41) is 0. The average molecular weight is 342 g/mol. The molecule has 0 rings (SSSR count). The van der Waals surface area contributed by atoms with Gasteiger partial charge in [-0.3, -0.25) is 4.79 Å². The molecule has 0 aromatic heterocycles. The lowest BCUT2D eigenvalue weighted by Gasteiger charge is -2.07. The maximum atomic E-state index is 11.4. The third kappa shape index (κ3) is 21.2. The van der Waals surface area contributed by atoms with Crippen LogP contribution in [-0.4, -0.2) is 12.1 Å². The van der Waals surface area contributed by atoms with Crippen molar-refractivity contribution < 1.29 is 9.53 Å². The van der Waals surface area contributed by atoms with Crippen LogP contribution < -0.4 is 6.15 Å². The number of esters is 1. The first-order valence-corrected chi connectivity index (χ1v) is 10.0. The summed E-state index contributed by atoms with van der Waals surface area (Å²) in [6, 6.07) is 0. The first-order chi connectivity index (χ1) is 11.2. The van der Waals surface area contributed by atoms with Crippen molar-refractivity contribution in [1.29, 1.82) is 0 Å². The third-order valence-electron chi connectivity index (χ3n) is 4.01. The van der Waals surface area contributed by atoms with Gasteiger partial charge in [-0.1, -0.05) is 70.4 Å². The summed E-state index contributed by atoms with van der Waals surface area (Å²) >= 11 is 0. The van der Waals surface area contributed by atoms with Crippen molar-refractivity contribution in [1.82, 2.24) is 6.15 Å². The Kier molecular flexibility index (Phi) is 21.4. The van der Waals surface area contributed by atoms with Gasteiger partial charge in [0.05, 0.1) is 6.10 Å². The largest absolute Gasteiger partial charge is 0.463 e. The fraction of sp³-hybridized carbons (Fsp3) is 0.857. The van der Waals surface area contributed by atoms with Crippen LogP contribution in [-0.2, 0) is 9.53 Å².